The number of amides is 2. The van der Waals surface area contributed by atoms with E-state index in [2.05, 4.69) is 21.3 Å². The average molecular weight is 460 g/mol. The number of benzene rings is 2. The highest BCUT2D eigenvalue weighted by atomic mass is 35.6. The van der Waals surface area contributed by atoms with E-state index in [1.54, 1.807) is 54.6 Å². The van der Waals surface area contributed by atoms with Crippen LogP contribution in [0.5, 0.6) is 0 Å². The fourth-order valence-corrected chi connectivity index (χ4v) is 2.71. The van der Waals surface area contributed by atoms with Gasteiger partial charge in [-0.3, -0.25) is 9.59 Å². The lowest BCUT2D eigenvalue weighted by Crippen LogP contribution is -2.56. The molecule has 2 amide bonds. The van der Waals surface area contributed by atoms with Crippen LogP contribution in [0.15, 0.2) is 54.6 Å². The van der Waals surface area contributed by atoms with Crippen LogP contribution in [-0.2, 0) is 4.79 Å². The number of carbonyl (C=O) groups is 2. The predicted octanol–water partition coefficient (Wildman–Crippen LogP) is 4.06. The smallest absolute Gasteiger partial charge is 0.252 e. The molecule has 0 aliphatic carbocycles. The van der Waals surface area contributed by atoms with Gasteiger partial charge in [-0.25, -0.2) is 0 Å². The van der Waals surface area contributed by atoms with Crippen LogP contribution < -0.4 is 21.3 Å². The zero-order chi connectivity index (χ0) is 20.7. The first-order chi connectivity index (χ1) is 13.1. The molecule has 0 aliphatic rings. The van der Waals surface area contributed by atoms with Crippen LogP contribution in [0.3, 0.4) is 0 Å². The molecule has 0 aromatic heterocycles. The molecular weight excluding hydrogens is 443 g/mol. The van der Waals surface area contributed by atoms with E-state index in [0.29, 0.717) is 16.9 Å². The monoisotopic (exact) mass is 458 g/mol. The summed E-state index contributed by atoms with van der Waals surface area (Å²) in [7, 11) is 0. The molecule has 1 atom stereocenters. The Balaban J connectivity index is 2.01. The van der Waals surface area contributed by atoms with Gasteiger partial charge < -0.3 is 21.3 Å². The topological polar surface area (TPSA) is 82.3 Å². The molecule has 0 heterocycles. The normalized spacial score (nSPS) is 11.9. The Morgan fingerprint density at radius 1 is 0.893 bits per heavy atom. The molecule has 0 saturated carbocycles. The molecule has 0 aliphatic heterocycles. The highest BCUT2D eigenvalue weighted by Crippen LogP contribution is 2.29. The second-order valence-corrected chi connectivity index (χ2v) is 8.45. The van der Waals surface area contributed by atoms with Crippen molar-refractivity contribution in [1.29, 1.82) is 0 Å². The number of nitrogens with one attached hydrogen (secondary N) is 4. The first-order valence-corrected chi connectivity index (χ1v) is 9.57. The SMILES string of the molecule is CC(=O)Nc1ccc(NC(=S)NC(NC(=O)c2ccccc2)C(Cl)(Cl)Cl)cc1. The van der Waals surface area contributed by atoms with Crippen molar-refractivity contribution < 1.29 is 9.59 Å². The van der Waals surface area contributed by atoms with E-state index >= 15 is 0 Å². The summed E-state index contributed by atoms with van der Waals surface area (Å²) in [5.74, 6) is -0.593. The minimum absolute atomic E-state index is 0.136. The van der Waals surface area contributed by atoms with Gasteiger partial charge in [0, 0.05) is 23.9 Å². The Labute approximate surface area is 182 Å². The van der Waals surface area contributed by atoms with Gasteiger partial charge in [0.2, 0.25) is 9.70 Å². The largest absolute Gasteiger partial charge is 0.339 e. The fraction of sp³-hybridized carbons (Fsp3) is 0.167. The zero-order valence-corrected chi connectivity index (χ0v) is 17.7. The molecule has 10 heteroatoms. The third-order valence-corrected chi connectivity index (χ3v) is 4.25. The first-order valence-electron chi connectivity index (χ1n) is 8.03. The molecule has 4 N–H and O–H groups in total. The van der Waals surface area contributed by atoms with Crippen LogP contribution in [0.25, 0.3) is 0 Å². The van der Waals surface area contributed by atoms with Crippen LogP contribution in [0.1, 0.15) is 17.3 Å². The summed E-state index contributed by atoms with van der Waals surface area (Å²) >= 11 is 23.2. The van der Waals surface area contributed by atoms with Crippen LogP contribution in [-0.4, -0.2) is 26.9 Å². The lowest BCUT2D eigenvalue weighted by atomic mass is 10.2. The number of halogens is 3. The number of hydrogen-bond acceptors (Lipinski definition) is 3. The maximum absolute atomic E-state index is 12.3. The summed E-state index contributed by atoms with van der Waals surface area (Å²) in [5, 5.41) is 11.1. The summed E-state index contributed by atoms with van der Waals surface area (Å²) < 4.78 is -1.86. The van der Waals surface area contributed by atoms with Crippen molar-refractivity contribution in [3.05, 3.63) is 60.2 Å². The summed E-state index contributed by atoms with van der Waals surface area (Å²) in [4.78, 5) is 23.4. The third-order valence-electron chi connectivity index (χ3n) is 3.38. The van der Waals surface area contributed by atoms with Crippen LogP contribution in [0, 0.1) is 0 Å². The molecular formula is C18H17Cl3N4O2S. The zero-order valence-electron chi connectivity index (χ0n) is 14.6. The third kappa shape index (κ3) is 7.16. The van der Waals surface area contributed by atoms with Gasteiger partial charge in [0.25, 0.3) is 5.91 Å². The van der Waals surface area contributed by atoms with Gasteiger partial charge in [-0.2, -0.15) is 0 Å². The lowest BCUT2D eigenvalue weighted by Gasteiger charge is -2.27. The fourth-order valence-electron chi connectivity index (χ4n) is 2.14. The highest BCUT2D eigenvalue weighted by molar-refractivity contribution is 7.80. The molecule has 148 valence electrons. The minimum atomic E-state index is -1.86. The summed E-state index contributed by atoms with van der Waals surface area (Å²) in [6.45, 7) is 1.42. The van der Waals surface area contributed by atoms with Gasteiger partial charge >= 0.3 is 0 Å². The van der Waals surface area contributed by atoms with E-state index in [4.69, 9.17) is 47.0 Å². The molecule has 0 radical (unpaired) electrons. The van der Waals surface area contributed by atoms with Crippen molar-refractivity contribution in [3.63, 3.8) is 0 Å². The Morgan fingerprint density at radius 2 is 1.43 bits per heavy atom. The molecule has 2 aromatic rings. The van der Waals surface area contributed by atoms with Gasteiger partial charge in [-0.05, 0) is 48.6 Å². The van der Waals surface area contributed by atoms with E-state index in [1.807, 2.05) is 0 Å². The summed E-state index contributed by atoms with van der Waals surface area (Å²) in [5.41, 5.74) is 1.70. The Hall–Kier alpha value is -2.06. The second kappa shape index (κ2) is 9.93. The van der Waals surface area contributed by atoms with Gasteiger partial charge in [-0.1, -0.05) is 53.0 Å². The van der Waals surface area contributed by atoms with Crippen molar-refractivity contribution >= 4 is 75.3 Å². The molecule has 28 heavy (non-hydrogen) atoms. The molecule has 0 saturated heterocycles. The summed E-state index contributed by atoms with van der Waals surface area (Å²) in [6, 6.07) is 15.4. The summed E-state index contributed by atoms with van der Waals surface area (Å²) in [6.07, 6.45) is -1.08. The predicted molar refractivity (Wildman–Crippen MR) is 118 cm³/mol. The number of anilines is 2. The molecule has 0 fully saturated rings. The van der Waals surface area contributed by atoms with Gasteiger partial charge in [0.05, 0.1) is 0 Å². The number of alkyl halides is 3. The molecule has 0 bridgehead atoms. The quantitative estimate of drug-likeness (QED) is 0.308. The van der Waals surface area contributed by atoms with E-state index < -0.39 is 15.9 Å². The average Bonchev–Trinajstić information content (AvgIpc) is 2.62. The highest BCUT2D eigenvalue weighted by Gasteiger charge is 2.34. The number of rotatable bonds is 5. The molecule has 2 rings (SSSR count). The lowest BCUT2D eigenvalue weighted by molar-refractivity contribution is -0.114. The molecule has 6 nitrogen and oxygen atoms in total. The Bertz CT molecular complexity index is 842. The van der Waals surface area contributed by atoms with Crippen molar-refractivity contribution in [2.24, 2.45) is 0 Å². The number of carbonyl (C=O) groups excluding carboxylic acids is 2. The van der Waals surface area contributed by atoms with Gasteiger partial charge in [0.1, 0.15) is 6.17 Å². The van der Waals surface area contributed by atoms with E-state index in [9.17, 15) is 9.59 Å². The van der Waals surface area contributed by atoms with Crippen molar-refractivity contribution in [3.8, 4) is 0 Å². The maximum atomic E-state index is 12.3. The van der Waals surface area contributed by atoms with Crippen molar-refractivity contribution in [2.45, 2.75) is 16.9 Å². The second-order valence-electron chi connectivity index (χ2n) is 5.67. The van der Waals surface area contributed by atoms with E-state index in [-0.39, 0.29) is 11.0 Å². The van der Waals surface area contributed by atoms with E-state index in [0.717, 1.165) is 0 Å². The van der Waals surface area contributed by atoms with Crippen molar-refractivity contribution in [2.75, 3.05) is 10.6 Å². The Morgan fingerprint density at radius 3 is 1.93 bits per heavy atom. The van der Waals surface area contributed by atoms with Gasteiger partial charge in [-0.15, -0.1) is 0 Å². The molecule has 1 unspecified atom stereocenters. The van der Waals surface area contributed by atoms with E-state index in [1.165, 1.54) is 6.92 Å². The van der Waals surface area contributed by atoms with Crippen molar-refractivity contribution in [1.82, 2.24) is 10.6 Å². The molecule has 0 spiro atoms. The Kier molecular flexibility index (Phi) is 7.88. The molecule has 2 aromatic carbocycles. The van der Waals surface area contributed by atoms with Crippen LogP contribution in [0.4, 0.5) is 11.4 Å². The van der Waals surface area contributed by atoms with Gasteiger partial charge in [0.15, 0.2) is 5.11 Å². The first kappa shape index (κ1) is 22.2. The maximum Gasteiger partial charge on any atom is 0.252 e. The standard InChI is InChI=1S/C18H17Cl3N4O2S/c1-11(26)22-13-7-9-14(10-8-13)23-17(28)25-16(18(19,20)21)24-15(27)12-5-3-2-4-6-12/h2-10,16H,1H3,(H,22,26)(H,24,27)(H2,23,25,28). The minimum Gasteiger partial charge on any atom is -0.339 e. The van der Waals surface area contributed by atoms with Crippen LogP contribution >= 0.6 is 47.0 Å². The number of thiocarbonyl (C=S) groups is 1. The number of hydrogen-bond donors (Lipinski definition) is 4. The van der Waals surface area contributed by atoms with Crippen LogP contribution in [0.2, 0.25) is 0 Å².